The molecular formula is C25H33FN4O. The zero-order valence-electron chi connectivity index (χ0n) is 18.1. The predicted molar refractivity (Wildman–Crippen MR) is 123 cm³/mol. The van der Waals surface area contributed by atoms with Crippen LogP contribution in [0.4, 0.5) is 14.9 Å². The Morgan fingerprint density at radius 2 is 1.61 bits per heavy atom. The first kappa shape index (κ1) is 21.6. The number of carbonyl (C=O) groups is 1. The number of urea groups is 1. The van der Waals surface area contributed by atoms with Crippen LogP contribution in [-0.2, 0) is 6.54 Å². The lowest BCUT2D eigenvalue weighted by atomic mass is 9.97. The second-order valence-corrected chi connectivity index (χ2v) is 8.90. The maximum absolute atomic E-state index is 13.1. The smallest absolute Gasteiger partial charge is 0.314 e. The number of rotatable bonds is 7. The molecule has 2 heterocycles. The average molecular weight is 425 g/mol. The van der Waals surface area contributed by atoms with Crippen molar-refractivity contribution in [2.45, 2.75) is 25.8 Å². The summed E-state index contributed by atoms with van der Waals surface area (Å²) in [4.78, 5) is 17.1. The molecule has 2 fully saturated rings. The number of nitrogens with zero attached hydrogens (tertiary/aromatic N) is 2. The molecule has 2 aromatic carbocycles. The molecule has 2 amide bonds. The van der Waals surface area contributed by atoms with E-state index in [1.54, 1.807) is 0 Å². The first-order valence-corrected chi connectivity index (χ1v) is 11.4. The second-order valence-electron chi connectivity index (χ2n) is 8.90. The van der Waals surface area contributed by atoms with Gasteiger partial charge in [0, 0.05) is 45.0 Å². The highest BCUT2D eigenvalue weighted by atomic mass is 19.1. The minimum atomic E-state index is -0.209. The molecule has 0 radical (unpaired) electrons. The summed E-state index contributed by atoms with van der Waals surface area (Å²) in [7, 11) is 0. The fourth-order valence-corrected chi connectivity index (χ4v) is 4.73. The standard InChI is InChI=1S/C25H33FN4O/c26-23-8-10-24(11-9-23)30-14-12-22(19-30)16-28-25(31)27-15-21-7-4-13-29(18-21)17-20-5-2-1-3-6-20/h1-3,5-6,8-11,21-22H,4,7,12-19H2,(H2,27,28,31). The summed E-state index contributed by atoms with van der Waals surface area (Å²) in [5.41, 5.74) is 2.39. The summed E-state index contributed by atoms with van der Waals surface area (Å²) in [6, 6.07) is 17.2. The molecule has 2 atom stereocenters. The molecule has 2 aliphatic rings. The Bertz CT molecular complexity index is 829. The van der Waals surface area contributed by atoms with E-state index in [0.29, 0.717) is 18.4 Å². The lowest BCUT2D eigenvalue weighted by molar-refractivity contribution is 0.165. The van der Waals surface area contributed by atoms with E-state index in [0.717, 1.165) is 51.4 Å². The largest absolute Gasteiger partial charge is 0.371 e. The van der Waals surface area contributed by atoms with Gasteiger partial charge in [0.1, 0.15) is 5.82 Å². The molecule has 2 aromatic rings. The highest BCUT2D eigenvalue weighted by molar-refractivity contribution is 5.73. The summed E-state index contributed by atoms with van der Waals surface area (Å²) in [6.07, 6.45) is 3.39. The molecule has 5 nitrogen and oxygen atoms in total. The van der Waals surface area contributed by atoms with Crippen LogP contribution >= 0.6 is 0 Å². The number of piperidine rings is 1. The van der Waals surface area contributed by atoms with Crippen molar-refractivity contribution in [1.29, 1.82) is 0 Å². The van der Waals surface area contributed by atoms with Gasteiger partial charge in [0.25, 0.3) is 0 Å². The van der Waals surface area contributed by atoms with Crippen molar-refractivity contribution >= 4 is 11.7 Å². The molecule has 2 N–H and O–H groups in total. The zero-order valence-corrected chi connectivity index (χ0v) is 18.1. The molecule has 2 aliphatic heterocycles. The van der Waals surface area contributed by atoms with Gasteiger partial charge < -0.3 is 15.5 Å². The van der Waals surface area contributed by atoms with E-state index in [9.17, 15) is 9.18 Å². The quantitative estimate of drug-likeness (QED) is 0.710. The molecular weight excluding hydrogens is 391 g/mol. The summed E-state index contributed by atoms with van der Waals surface area (Å²) in [5, 5.41) is 6.12. The normalized spacial score (nSPS) is 21.8. The molecule has 0 aromatic heterocycles. The third-order valence-electron chi connectivity index (χ3n) is 6.43. The number of benzene rings is 2. The molecule has 0 saturated carbocycles. The molecule has 0 bridgehead atoms. The van der Waals surface area contributed by atoms with Crippen LogP contribution in [0.15, 0.2) is 54.6 Å². The van der Waals surface area contributed by atoms with Crippen LogP contribution in [0.25, 0.3) is 0 Å². The van der Waals surface area contributed by atoms with Gasteiger partial charge in [-0.25, -0.2) is 9.18 Å². The van der Waals surface area contributed by atoms with E-state index in [4.69, 9.17) is 0 Å². The summed E-state index contributed by atoms with van der Waals surface area (Å²) >= 11 is 0. The minimum Gasteiger partial charge on any atom is -0.371 e. The van der Waals surface area contributed by atoms with Crippen LogP contribution in [0.2, 0.25) is 0 Å². The SMILES string of the molecule is O=C(NCC1CCCN(Cc2ccccc2)C1)NCC1CCN(c2ccc(F)cc2)C1. The summed E-state index contributed by atoms with van der Waals surface area (Å²) < 4.78 is 13.1. The molecule has 31 heavy (non-hydrogen) atoms. The van der Waals surface area contributed by atoms with E-state index in [2.05, 4.69) is 50.8 Å². The van der Waals surface area contributed by atoms with Crippen molar-refractivity contribution in [1.82, 2.24) is 15.5 Å². The summed E-state index contributed by atoms with van der Waals surface area (Å²) in [6.45, 7) is 6.38. The van der Waals surface area contributed by atoms with E-state index >= 15 is 0 Å². The van der Waals surface area contributed by atoms with Crippen molar-refractivity contribution in [3.8, 4) is 0 Å². The van der Waals surface area contributed by atoms with Crippen molar-refractivity contribution in [3.05, 3.63) is 66.0 Å². The van der Waals surface area contributed by atoms with E-state index < -0.39 is 0 Å². The summed E-state index contributed by atoms with van der Waals surface area (Å²) in [5.74, 6) is 0.717. The number of hydrogen-bond acceptors (Lipinski definition) is 3. The average Bonchev–Trinajstić information content (AvgIpc) is 3.27. The Labute approximate surface area is 184 Å². The predicted octanol–water partition coefficient (Wildman–Crippen LogP) is 3.86. The fraction of sp³-hybridized carbons (Fsp3) is 0.480. The fourth-order valence-electron chi connectivity index (χ4n) is 4.73. The Kier molecular flexibility index (Phi) is 7.41. The van der Waals surface area contributed by atoms with E-state index in [-0.39, 0.29) is 11.8 Å². The minimum absolute atomic E-state index is 0.0691. The number of hydrogen-bond donors (Lipinski definition) is 2. The highest BCUT2D eigenvalue weighted by Gasteiger charge is 2.24. The number of likely N-dealkylation sites (tertiary alicyclic amines) is 1. The third kappa shape index (κ3) is 6.44. The van der Waals surface area contributed by atoms with E-state index in [1.165, 1.54) is 30.5 Å². The van der Waals surface area contributed by atoms with Crippen LogP contribution in [-0.4, -0.2) is 50.2 Å². The van der Waals surface area contributed by atoms with Crippen LogP contribution in [0.3, 0.4) is 0 Å². The van der Waals surface area contributed by atoms with Crippen molar-refractivity contribution in [2.75, 3.05) is 44.2 Å². The monoisotopic (exact) mass is 424 g/mol. The van der Waals surface area contributed by atoms with Crippen LogP contribution < -0.4 is 15.5 Å². The Morgan fingerprint density at radius 1 is 0.903 bits per heavy atom. The number of amides is 2. The lowest BCUT2D eigenvalue weighted by Gasteiger charge is -2.32. The molecule has 0 spiro atoms. The van der Waals surface area contributed by atoms with Crippen molar-refractivity contribution in [3.63, 3.8) is 0 Å². The Morgan fingerprint density at radius 3 is 2.35 bits per heavy atom. The topological polar surface area (TPSA) is 47.6 Å². The van der Waals surface area contributed by atoms with Gasteiger partial charge in [-0.3, -0.25) is 4.90 Å². The maximum Gasteiger partial charge on any atom is 0.314 e. The Hall–Kier alpha value is -2.60. The first-order valence-electron chi connectivity index (χ1n) is 11.4. The number of carbonyl (C=O) groups excluding carboxylic acids is 1. The second kappa shape index (κ2) is 10.6. The van der Waals surface area contributed by atoms with Gasteiger partial charge >= 0.3 is 6.03 Å². The maximum atomic E-state index is 13.1. The van der Waals surface area contributed by atoms with E-state index in [1.807, 2.05) is 12.1 Å². The first-order chi connectivity index (χ1) is 15.2. The molecule has 4 rings (SSSR count). The molecule has 2 saturated heterocycles. The van der Waals surface area contributed by atoms with Crippen LogP contribution in [0.1, 0.15) is 24.8 Å². The van der Waals surface area contributed by atoms with Gasteiger partial charge in [-0.05, 0) is 67.5 Å². The molecule has 2 unspecified atom stereocenters. The van der Waals surface area contributed by atoms with Crippen LogP contribution in [0.5, 0.6) is 0 Å². The van der Waals surface area contributed by atoms with Gasteiger partial charge in [-0.2, -0.15) is 0 Å². The van der Waals surface area contributed by atoms with Gasteiger partial charge in [0.2, 0.25) is 0 Å². The molecule has 6 heteroatoms. The molecule has 0 aliphatic carbocycles. The molecule has 166 valence electrons. The lowest BCUT2D eigenvalue weighted by Crippen LogP contribution is -2.44. The number of halogens is 1. The van der Waals surface area contributed by atoms with Gasteiger partial charge in [0.15, 0.2) is 0 Å². The Balaban J connectivity index is 1.14. The van der Waals surface area contributed by atoms with Crippen molar-refractivity contribution in [2.24, 2.45) is 11.8 Å². The van der Waals surface area contributed by atoms with Gasteiger partial charge in [0.05, 0.1) is 0 Å². The van der Waals surface area contributed by atoms with Crippen molar-refractivity contribution < 1.29 is 9.18 Å². The van der Waals surface area contributed by atoms with Gasteiger partial charge in [-0.15, -0.1) is 0 Å². The zero-order chi connectivity index (χ0) is 21.5. The third-order valence-corrected chi connectivity index (χ3v) is 6.43. The number of anilines is 1. The van der Waals surface area contributed by atoms with Gasteiger partial charge in [-0.1, -0.05) is 30.3 Å². The van der Waals surface area contributed by atoms with Crippen LogP contribution in [0, 0.1) is 17.7 Å². The number of nitrogens with one attached hydrogen (secondary N) is 2. The highest BCUT2D eigenvalue weighted by Crippen LogP contribution is 2.23.